The van der Waals surface area contributed by atoms with E-state index in [0.717, 1.165) is 17.7 Å². The van der Waals surface area contributed by atoms with Gasteiger partial charge in [0.15, 0.2) is 0 Å². The fraction of sp³-hybridized carbons (Fsp3) is 0.652. The molecule has 0 spiro atoms. The Morgan fingerprint density at radius 3 is 2.36 bits per heavy atom. The monoisotopic (exact) mass is 388 g/mol. The standard InChI is InChI=1S/C23H36N2O3/c1-16(2)11-12-24-22(27)20-15-25(21(26)13-23(3,4)5)14-19(20)17-7-9-18(28-6)10-8-17/h7-10,16,19-20H,11-15H2,1-6H3,(H,24,27). The molecule has 1 aliphatic heterocycles. The number of likely N-dealkylation sites (tertiary alicyclic amines) is 1. The van der Waals surface area contributed by atoms with Gasteiger partial charge in [-0.05, 0) is 35.4 Å². The van der Waals surface area contributed by atoms with Crippen LogP contribution in [0.15, 0.2) is 24.3 Å². The zero-order valence-electron chi connectivity index (χ0n) is 18.2. The number of nitrogens with one attached hydrogen (secondary N) is 1. The first kappa shape index (κ1) is 22.3. The molecule has 2 rings (SSSR count). The summed E-state index contributed by atoms with van der Waals surface area (Å²) in [5.74, 6) is 1.31. The predicted molar refractivity (Wildman–Crippen MR) is 112 cm³/mol. The van der Waals surface area contributed by atoms with Crippen LogP contribution >= 0.6 is 0 Å². The van der Waals surface area contributed by atoms with Gasteiger partial charge in [0, 0.05) is 32.0 Å². The molecule has 1 heterocycles. The molecular weight excluding hydrogens is 352 g/mol. The van der Waals surface area contributed by atoms with Crippen molar-refractivity contribution in [1.82, 2.24) is 10.2 Å². The lowest BCUT2D eigenvalue weighted by Crippen LogP contribution is -2.36. The van der Waals surface area contributed by atoms with Crippen LogP contribution in [-0.4, -0.2) is 43.5 Å². The molecule has 1 aromatic carbocycles. The molecule has 1 N–H and O–H groups in total. The normalized spacial score (nSPS) is 19.8. The second kappa shape index (κ2) is 9.44. The van der Waals surface area contributed by atoms with Crippen LogP contribution in [0.1, 0.15) is 58.9 Å². The summed E-state index contributed by atoms with van der Waals surface area (Å²) in [4.78, 5) is 27.6. The second-order valence-electron chi connectivity index (χ2n) is 9.50. The summed E-state index contributed by atoms with van der Waals surface area (Å²) < 4.78 is 5.25. The smallest absolute Gasteiger partial charge is 0.225 e. The average Bonchev–Trinajstić information content (AvgIpc) is 3.05. The maximum Gasteiger partial charge on any atom is 0.225 e. The minimum absolute atomic E-state index is 0.00822. The fourth-order valence-corrected chi connectivity index (χ4v) is 3.64. The third-order valence-electron chi connectivity index (χ3n) is 5.26. The molecule has 1 aromatic rings. The molecule has 0 radical (unpaired) electrons. The van der Waals surface area contributed by atoms with Crippen LogP contribution in [0, 0.1) is 17.3 Å². The zero-order valence-corrected chi connectivity index (χ0v) is 18.2. The summed E-state index contributed by atoms with van der Waals surface area (Å²) in [5, 5.41) is 3.08. The van der Waals surface area contributed by atoms with E-state index < -0.39 is 0 Å². The number of benzene rings is 1. The predicted octanol–water partition coefficient (Wildman–Crippen LogP) is 3.84. The summed E-state index contributed by atoms with van der Waals surface area (Å²) >= 11 is 0. The molecule has 0 aliphatic carbocycles. The summed E-state index contributed by atoms with van der Waals surface area (Å²) in [6, 6.07) is 7.86. The quantitative estimate of drug-likeness (QED) is 0.772. The summed E-state index contributed by atoms with van der Waals surface area (Å²) in [5.41, 5.74) is 1.01. The van der Waals surface area contributed by atoms with Crippen LogP contribution in [0.4, 0.5) is 0 Å². The van der Waals surface area contributed by atoms with E-state index in [2.05, 4.69) is 39.9 Å². The Labute approximate surface area is 169 Å². The Balaban J connectivity index is 2.16. The van der Waals surface area contributed by atoms with Crippen LogP contribution in [0.5, 0.6) is 5.75 Å². The van der Waals surface area contributed by atoms with E-state index in [1.54, 1.807) is 7.11 Å². The molecule has 0 saturated carbocycles. The van der Waals surface area contributed by atoms with Crippen molar-refractivity contribution in [2.45, 2.75) is 53.4 Å². The van der Waals surface area contributed by atoms with E-state index in [9.17, 15) is 9.59 Å². The number of amides is 2. The first-order valence-corrected chi connectivity index (χ1v) is 10.3. The molecule has 1 aliphatic rings. The van der Waals surface area contributed by atoms with Crippen molar-refractivity contribution in [2.75, 3.05) is 26.7 Å². The minimum Gasteiger partial charge on any atom is -0.497 e. The third kappa shape index (κ3) is 6.25. The van der Waals surface area contributed by atoms with Crippen molar-refractivity contribution in [2.24, 2.45) is 17.3 Å². The van der Waals surface area contributed by atoms with Gasteiger partial charge in [-0.25, -0.2) is 0 Å². The SMILES string of the molecule is COc1ccc(C2CN(C(=O)CC(C)(C)C)CC2C(=O)NCCC(C)C)cc1. The molecule has 5 heteroatoms. The number of nitrogens with zero attached hydrogens (tertiary/aromatic N) is 1. The van der Waals surface area contributed by atoms with Crippen molar-refractivity contribution in [3.63, 3.8) is 0 Å². The Morgan fingerprint density at radius 1 is 1.18 bits per heavy atom. The highest BCUT2D eigenvalue weighted by atomic mass is 16.5. The Bertz CT molecular complexity index is 661. The molecule has 2 atom stereocenters. The lowest BCUT2D eigenvalue weighted by molar-refractivity contribution is -0.132. The summed E-state index contributed by atoms with van der Waals surface area (Å²) in [7, 11) is 1.64. The van der Waals surface area contributed by atoms with Crippen LogP contribution in [-0.2, 0) is 9.59 Å². The number of rotatable bonds is 7. The van der Waals surface area contributed by atoms with Crippen LogP contribution in [0.2, 0.25) is 0 Å². The molecule has 2 unspecified atom stereocenters. The number of hydrogen-bond acceptors (Lipinski definition) is 3. The molecule has 28 heavy (non-hydrogen) atoms. The van der Waals surface area contributed by atoms with Crippen molar-refractivity contribution in [3.8, 4) is 5.75 Å². The van der Waals surface area contributed by atoms with Crippen LogP contribution in [0.3, 0.4) is 0 Å². The highest BCUT2D eigenvalue weighted by Crippen LogP contribution is 2.35. The summed E-state index contributed by atoms with van der Waals surface area (Å²) in [6.45, 7) is 12.2. The van der Waals surface area contributed by atoms with Crippen molar-refractivity contribution in [1.29, 1.82) is 0 Å². The van der Waals surface area contributed by atoms with Gasteiger partial charge in [0.05, 0.1) is 13.0 Å². The van der Waals surface area contributed by atoms with Crippen molar-refractivity contribution >= 4 is 11.8 Å². The second-order valence-corrected chi connectivity index (χ2v) is 9.50. The Hall–Kier alpha value is -2.04. The van der Waals surface area contributed by atoms with Gasteiger partial charge in [0.25, 0.3) is 0 Å². The maximum absolute atomic E-state index is 12.9. The van der Waals surface area contributed by atoms with E-state index in [1.165, 1.54) is 0 Å². The molecule has 156 valence electrons. The van der Waals surface area contributed by atoms with Gasteiger partial charge < -0.3 is 15.0 Å². The van der Waals surface area contributed by atoms with Gasteiger partial charge in [0.2, 0.25) is 11.8 Å². The number of carbonyl (C=O) groups is 2. The topological polar surface area (TPSA) is 58.6 Å². The maximum atomic E-state index is 12.9. The van der Waals surface area contributed by atoms with Gasteiger partial charge in [-0.3, -0.25) is 9.59 Å². The third-order valence-corrected chi connectivity index (χ3v) is 5.26. The zero-order chi connectivity index (χ0) is 20.9. The Morgan fingerprint density at radius 2 is 1.82 bits per heavy atom. The van der Waals surface area contributed by atoms with Crippen molar-refractivity contribution < 1.29 is 14.3 Å². The number of carbonyl (C=O) groups excluding carboxylic acids is 2. The summed E-state index contributed by atoms with van der Waals surface area (Å²) in [6.07, 6.45) is 1.45. The van der Waals surface area contributed by atoms with Crippen LogP contribution < -0.4 is 10.1 Å². The van der Waals surface area contributed by atoms with E-state index >= 15 is 0 Å². The molecule has 1 saturated heterocycles. The largest absolute Gasteiger partial charge is 0.497 e. The van der Waals surface area contributed by atoms with Gasteiger partial charge >= 0.3 is 0 Å². The number of ether oxygens (including phenoxy) is 1. The average molecular weight is 389 g/mol. The highest BCUT2D eigenvalue weighted by molar-refractivity contribution is 5.83. The first-order valence-electron chi connectivity index (χ1n) is 10.3. The van der Waals surface area contributed by atoms with Gasteiger partial charge in [-0.1, -0.05) is 46.8 Å². The van der Waals surface area contributed by atoms with Gasteiger partial charge in [0.1, 0.15) is 5.75 Å². The van der Waals surface area contributed by atoms with E-state index in [0.29, 0.717) is 32.0 Å². The van der Waals surface area contributed by atoms with E-state index in [1.807, 2.05) is 29.2 Å². The Kier molecular flexibility index (Phi) is 7.50. The number of hydrogen-bond donors (Lipinski definition) is 1. The molecule has 5 nitrogen and oxygen atoms in total. The molecule has 0 bridgehead atoms. The molecule has 2 amide bonds. The molecule has 0 aromatic heterocycles. The minimum atomic E-state index is -0.218. The van der Waals surface area contributed by atoms with Gasteiger partial charge in [-0.15, -0.1) is 0 Å². The lowest BCUT2D eigenvalue weighted by Gasteiger charge is -2.23. The van der Waals surface area contributed by atoms with E-state index in [4.69, 9.17) is 4.74 Å². The lowest BCUT2D eigenvalue weighted by atomic mass is 9.88. The first-order chi connectivity index (χ1) is 13.1. The fourth-order valence-electron chi connectivity index (χ4n) is 3.64. The van der Waals surface area contributed by atoms with Crippen LogP contribution in [0.25, 0.3) is 0 Å². The van der Waals surface area contributed by atoms with Crippen molar-refractivity contribution in [3.05, 3.63) is 29.8 Å². The number of methoxy groups -OCH3 is 1. The highest BCUT2D eigenvalue weighted by Gasteiger charge is 2.40. The van der Waals surface area contributed by atoms with Gasteiger partial charge in [-0.2, -0.15) is 0 Å². The van der Waals surface area contributed by atoms with E-state index in [-0.39, 0.29) is 29.1 Å². The molecular formula is C23H36N2O3. The molecule has 1 fully saturated rings.